The van der Waals surface area contributed by atoms with E-state index in [9.17, 15) is 0 Å². The maximum atomic E-state index is 2.48. The Balaban J connectivity index is 2.21. The van der Waals surface area contributed by atoms with E-state index in [0.717, 1.165) is 5.92 Å². The van der Waals surface area contributed by atoms with Gasteiger partial charge in [0, 0.05) is 13.1 Å². The van der Waals surface area contributed by atoms with Gasteiger partial charge in [-0.1, -0.05) is 33.3 Å². The van der Waals surface area contributed by atoms with Crippen LogP contribution in [-0.4, -0.2) is 18.0 Å². The van der Waals surface area contributed by atoms with Crippen molar-refractivity contribution in [2.75, 3.05) is 13.1 Å². The van der Waals surface area contributed by atoms with E-state index in [0.29, 0.717) is 5.41 Å². The third kappa shape index (κ3) is 2.65. The maximum Gasteiger partial charge on any atom is 0.0173 e. The second-order valence-electron chi connectivity index (χ2n) is 6.59. The summed E-state index contributed by atoms with van der Waals surface area (Å²) in [6, 6.07) is 0. The molecule has 2 aliphatic rings. The summed E-state index contributed by atoms with van der Waals surface area (Å²) in [6.45, 7) is 12.1. The summed E-state index contributed by atoms with van der Waals surface area (Å²) in [5.41, 5.74) is 3.66. The van der Waals surface area contributed by atoms with Gasteiger partial charge in [0.25, 0.3) is 0 Å². The highest BCUT2D eigenvalue weighted by atomic mass is 15.1. The van der Waals surface area contributed by atoms with E-state index in [1.807, 2.05) is 0 Å². The van der Waals surface area contributed by atoms with Crippen LogP contribution < -0.4 is 0 Å². The molecular weight excluding hydrogens is 218 g/mol. The highest BCUT2D eigenvalue weighted by molar-refractivity contribution is 5.34. The minimum Gasteiger partial charge on any atom is -0.377 e. The maximum absolute atomic E-state index is 2.48. The van der Waals surface area contributed by atoms with Crippen molar-refractivity contribution in [1.82, 2.24) is 4.90 Å². The van der Waals surface area contributed by atoms with Crippen LogP contribution in [-0.2, 0) is 0 Å². The Kier molecular flexibility index (Phi) is 4.19. The predicted octanol–water partition coefficient (Wildman–Crippen LogP) is 4.76. The SMILES string of the molecule is CCC1=C(C=CN2CCCC2)C(C)(C)C(C)CC1. The van der Waals surface area contributed by atoms with E-state index in [2.05, 4.69) is 44.9 Å². The zero-order valence-corrected chi connectivity index (χ0v) is 12.6. The fourth-order valence-corrected chi connectivity index (χ4v) is 3.38. The first kappa shape index (κ1) is 13.7. The summed E-state index contributed by atoms with van der Waals surface area (Å²) in [4.78, 5) is 2.48. The minimum absolute atomic E-state index is 0.347. The van der Waals surface area contributed by atoms with Crippen molar-refractivity contribution in [3.05, 3.63) is 23.4 Å². The lowest BCUT2D eigenvalue weighted by atomic mass is 9.65. The molecule has 1 atom stereocenters. The van der Waals surface area contributed by atoms with Gasteiger partial charge in [-0.25, -0.2) is 0 Å². The number of hydrogen-bond donors (Lipinski definition) is 0. The van der Waals surface area contributed by atoms with Crippen LogP contribution in [0.5, 0.6) is 0 Å². The second-order valence-corrected chi connectivity index (χ2v) is 6.59. The molecule has 0 aromatic heterocycles. The summed E-state index contributed by atoms with van der Waals surface area (Å²) < 4.78 is 0. The van der Waals surface area contributed by atoms with Crippen molar-refractivity contribution >= 4 is 0 Å². The summed E-state index contributed by atoms with van der Waals surface area (Å²) >= 11 is 0. The molecule has 1 unspecified atom stereocenters. The van der Waals surface area contributed by atoms with Gasteiger partial charge in [-0.15, -0.1) is 0 Å². The van der Waals surface area contributed by atoms with Crippen LogP contribution in [0.2, 0.25) is 0 Å². The molecule has 0 amide bonds. The molecule has 0 bridgehead atoms. The molecule has 1 aliphatic carbocycles. The van der Waals surface area contributed by atoms with Crippen LogP contribution in [0.1, 0.15) is 59.8 Å². The van der Waals surface area contributed by atoms with Crippen molar-refractivity contribution in [1.29, 1.82) is 0 Å². The van der Waals surface area contributed by atoms with Crippen molar-refractivity contribution in [3.8, 4) is 0 Å². The molecule has 0 aromatic carbocycles. The summed E-state index contributed by atoms with van der Waals surface area (Å²) in [5.74, 6) is 0.797. The largest absolute Gasteiger partial charge is 0.377 e. The Labute approximate surface area is 113 Å². The van der Waals surface area contributed by atoms with Crippen molar-refractivity contribution in [2.24, 2.45) is 11.3 Å². The Bertz CT molecular complexity index is 343. The number of allylic oxidation sites excluding steroid dienone is 3. The molecule has 0 saturated carbocycles. The smallest absolute Gasteiger partial charge is 0.0173 e. The van der Waals surface area contributed by atoms with Gasteiger partial charge < -0.3 is 4.90 Å². The molecule has 1 aliphatic heterocycles. The third-order valence-electron chi connectivity index (χ3n) is 5.21. The molecule has 102 valence electrons. The van der Waals surface area contributed by atoms with E-state index in [1.165, 1.54) is 45.2 Å². The lowest BCUT2D eigenvalue weighted by Gasteiger charge is -2.39. The molecule has 1 fully saturated rings. The first-order valence-corrected chi connectivity index (χ1v) is 7.70. The summed E-state index contributed by atoms with van der Waals surface area (Å²) in [5, 5.41) is 0. The fourth-order valence-electron chi connectivity index (χ4n) is 3.38. The van der Waals surface area contributed by atoms with Crippen LogP contribution in [0.25, 0.3) is 0 Å². The van der Waals surface area contributed by atoms with Gasteiger partial charge in [0.1, 0.15) is 0 Å². The topological polar surface area (TPSA) is 3.24 Å². The van der Waals surface area contributed by atoms with Crippen molar-refractivity contribution < 1.29 is 0 Å². The molecule has 0 spiro atoms. The lowest BCUT2D eigenvalue weighted by molar-refractivity contribution is 0.254. The van der Waals surface area contributed by atoms with Gasteiger partial charge in [-0.05, 0) is 61.3 Å². The molecule has 1 saturated heterocycles. The van der Waals surface area contributed by atoms with Crippen LogP contribution in [0.3, 0.4) is 0 Å². The minimum atomic E-state index is 0.347. The Morgan fingerprint density at radius 1 is 1.28 bits per heavy atom. The lowest BCUT2D eigenvalue weighted by Crippen LogP contribution is -2.28. The van der Waals surface area contributed by atoms with Gasteiger partial charge >= 0.3 is 0 Å². The van der Waals surface area contributed by atoms with E-state index in [4.69, 9.17) is 0 Å². The van der Waals surface area contributed by atoms with E-state index in [-0.39, 0.29) is 0 Å². The van der Waals surface area contributed by atoms with Gasteiger partial charge in [0.05, 0.1) is 0 Å². The zero-order chi connectivity index (χ0) is 13.2. The number of likely N-dealkylation sites (tertiary alicyclic amines) is 1. The Morgan fingerprint density at radius 2 is 1.94 bits per heavy atom. The number of hydrogen-bond acceptors (Lipinski definition) is 1. The Hall–Kier alpha value is -0.720. The fraction of sp³-hybridized carbons (Fsp3) is 0.765. The molecular formula is C17H29N. The molecule has 2 rings (SSSR count). The van der Waals surface area contributed by atoms with Crippen LogP contribution in [0.4, 0.5) is 0 Å². The number of rotatable bonds is 3. The molecule has 1 heteroatoms. The third-order valence-corrected chi connectivity index (χ3v) is 5.21. The molecule has 0 aromatic rings. The molecule has 0 radical (unpaired) electrons. The normalized spacial score (nSPS) is 28.4. The predicted molar refractivity (Wildman–Crippen MR) is 79.4 cm³/mol. The zero-order valence-electron chi connectivity index (χ0n) is 12.6. The first-order valence-electron chi connectivity index (χ1n) is 7.70. The summed E-state index contributed by atoms with van der Waals surface area (Å²) in [6.07, 6.45) is 11.4. The van der Waals surface area contributed by atoms with Gasteiger partial charge in [0.15, 0.2) is 0 Å². The van der Waals surface area contributed by atoms with E-state index in [1.54, 1.807) is 11.1 Å². The Morgan fingerprint density at radius 3 is 2.56 bits per heavy atom. The average Bonchev–Trinajstić information content (AvgIpc) is 2.84. The van der Waals surface area contributed by atoms with Crippen LogP contribution in [0.15, 0.2) is 23.4 Å². The molecule has 1 nitrogen and oxygen atoms in total. The van der Waals surface area contributed by atoms with Crippen molar-refractivity contribution in [2.45, 2.75) is 59.8 Å². The number of nitrogens with zero attached hydrogens (tertiary/aromatic N) is 1. The van der Waals surface area contributed by atoms with Gasteiger partial charge in [-0.2, -0.15) is 0 Å². The van der Waals surface area contributed by atoms with E-state index < -0.39 is 0 Å². The highest BCUT2D eigenvalue weighted by Crippen LogP contribution is 2.45. The monoisotopic (exact) mass is 247 g/mol. The van der Waals surface area contributed by atoms with Crippen LogP contribution >= 0.6 is 0 Å². The van der Waals surface area contributed by atoms with Crippen LogP contribution in [0, 0.1) is 11.3 Å². The molecule has 1 heterocycles. The van der Waals surface area contributed by atoms with Gasteiger partial charge in [0.2, 0.25) is 0 Å². The summed E-state index contributed by atoms with van der Waals surface area (Å²) in [7, 11) is 0. The average molecular weight is 247 g/mol. The molecule has 18 heavy (non-hydrogen) atoms. The first-order chi connectivity index (χ1) is 8.55. The van der Waals surface area contributed by atoms with E-state index >= 15 is 0 Å². The standard InChI is InChI=1S/C17H29N/c1-5-15-9-8-14(2)17(3,4)16(15)10-13-18-11-6-7-12-18/h10,13-14H,5-9,11-12H2,1-4H3. The second kappa shape index (κ2) is 5.50. The quantitative estimate of drug-likeness (QED) is 0.695. The van der Waals surface area contributed by atoms with Crippen molar-refractivity contribution in [3.63, 3.8) is 0 Å². The van der Waals surface area contributed by atoms with Gasteiger partial charge in [-0.3, -0.25) is 0 Å². The molecule has 0 N–H and O–H groups in total. The highest BCUT2D eigenvalue weighted by Gasteiger charge is 2.33.